The van der Waals surface area contributed by atoms with Gasteiger partial charge < -0.3 is 30.2 Å². The number of aryl methyl sites for hydroxylation is 1. The first-order valence-electron chi connectivity index (χ1n) is 12.1. The number of methoxy groups -OCH3 is 1. The fourth-order valence-corrected chi connectivity index (χ4v) is 4.87. The number of likely N-dealkylation sites (N-methyl/N-ethyl adjacent to an activating group) is 2. The number of alkyl halides is 1. The van der Waals surface area contributed by atoms with Crippen LogP contribution < -0.4 is 20.7 Å². The Morgan fingerprint density at radius 2 is 1.97 bits per heavy atom. The van der Waals surface area contributed by atoms with Crippen LogP contribution in [0, 0.1) is 0 Å². The summed E-state index contributed by atoms with van der Waals surface area (Å²) >= 11 is 0. The maximum Gasteiger partial charge on any atom is 0.227 e. The Balaban J connectivity index is 1.49. The molecule has 0 bridgehead atoms. The van der Waals surface area contributed by atoms with Crippen LogP contribution in [0.15, 0.2) is 48.7 Å². The lowest BCUT2D eigenvalue weighted by molar-refractivity contribution is 0.344. The molecule has 8 nitrogen and oxygen atoms in total. The molecule has 1 aliphatic rings. The second kappa shape index (κ2) is 9.66. The van der Waals surface area contributed by atoms with E-state index in [2.05, 4.69) is 24.7 Å². The minimum atomic E-state index is -1.02. The Bertz CT molecular complexity index is 1400. The number of nitrogens with zero attached hydrogens (tertiary/aromatic N) is 5. The van der Waals surface area contributed by atoms with Crippen molar-refractivity contribution >= 4 is 33.9 Å². The van der Waals surface area contributed by atoms with Gasteiger partial charge in [-0.3, -0.25) is 0 Å². The van der Waals surface area contributed by atoms with Crippen LogP contribution in [0.4, 0.5) is 27.4 Å². The number of hydrogen-bond donors (Lipinski definition) is 2. The number of nitrogens with two attached hydrogens (primary N) is 1. The molecule has 0 saturated heterocycles. The van der Waals surface area contributed by atoms with Gasteiger partial charge in [0.2, 0.25) is 5.95 Å². The maximum absolute atomic E-state index is 15.0. The third kappa shape index (κ3) is 4.30. The lowest BCUT2D eigenvalue weighted by atomic mass is 10.0. The molecule has 4 aromatic rings. The zero-order chi connectivity index (χ0) is 25.4. The molecule has 1 atom stereocenters. The fourth-order valence-electron chi connectivity index (χ4n) is 4.87. The van der Waals surface area contributed by atoms with E-state index in [-0.39, 0.29) is 0 Å². The van der Waals surface area contributed by atoms with Gasteiger partial charge in [0.05, 0.1) is 35.6 Å². The third-order valence-corrected chi connectivity index (χ3v) is 6.71. The number of anilines is 4. The molecular formula is C27H32FN7O. The van der Waals surface area contributed by atoms with E-state index in [0.29, 0.717) is 47.4 Å². The van der Waals surface area contributed by atoms with Gasteiger partial charge in [-0.25, -0.2) is 14.4 Å². The molecule has 2 aromatic heterocycles. The Morgan fingerprint density at radius 1 is 1.17 bits per heavy atom. The Hall–Kier alpha value is -3.85. The van der Waals surface area contributed by atoms with Crippen LogP contribution in [-0.2, 0) is 6.54 Å². The van der Waals surface area contributed by atoms with Gasteiger partial charge in [0.25, 0.3) is 0 Å². The van der Waals surface area contributed by atoms with Crippen molar-refractivity contribution in [1.82, 2.24) is 19.4 Å². The van der Waals surface area contributed by atoms with E-state index in [0.717, 1.165) is 35.2 Å². The zero-order valence-electron chi connectivity index (χ0n) is 21.1. The summed E-state index contributed by atoms with van der Waals surface area (Å²) in [5.74, 6) is 1.01. The monoisotopic (exact) mass is 489 g/mol. The maximum atomic E-state index is 15.0. The van der Waals surface area contributed by atoms with Gasteiger partial charge in [-0.05, 0) is 32.3 Å². The van der Waals surface area contributed by atoms with Crippen LogP contribution in [0.2, 0.25) is 0 Å². The summed E-state index contributed by atoms with van der Waals surface area (Å²) in [5.41, 5.74) is 11.8. The second-order valence-corrected chi connectivity index (χ2v) is 9.41. The third-order valence-electron chi connectivity index (χ3n) is 6.71. The van der Waals surface area contributed by atoms with E-state index in [4.69, 9.17) is 15.5 Å². The van der Waals surface area contributed by atoms with E-state index in [9.17, 15) is 4.39 Å². The van der Waals surface area contributed by atoms with Crippen LogP contribution in [0.25, 0.3) is 22.2 Å². The lowest BCUT2D eigenvalue weighted by Gasteiger charge is -2.24. The average Bonchev–Trinajstić information content (AvgIpc) is 3.40. The summed E-state index contributed by atoms with van der Waals surface area (Å²) < 4.78 is 22.7. The normalized spacial score (nSPS) is 14.9. The highest BCUT2D eigenvalue weighted by molar-refractivity contribution is 5.98. The van der Waals surface area contributed by atoms with Crippen molar-refractivity contribution in [2.75, 3.05) is 57.3 Å². The van der Waals surface area contributed by atoms with Gasteiger partial charge in [-0.15, -0.1) is 0 Å². The van der Waals surface area contributed by atoms with Crippen molar-refractivity contribution < 1.29 is 9.13 Å². The number of para-hydroxylation sites is 1. The number of ether oxygens (including phenoxy) is 1. The van der Waals surface area contributed by atoms with E-state index in [1.165, 1.54) is 0 Å². The van der Waals surface area contributed by atoms with Gasteiger partial charge in [0.1, 0.15) is 11.9 Å². The molecule has 36 heavy (non-hydrogen) atoms. The van der Waals surface area contributed by atoms with Crippen LogP contribution >= 0.6 is 0 Å². The van der Waals surface area contributed by atoms with Gasteiger partial charge in [0, 0.05) is 61.8 Å². The molecule has 0 aliphatic carbocycles. The van der Waals surface area contributed by atoms with Gasteiger partial charge in [-0.2, -0.15) is 0 Å². The van der Waals surface area contributed by atoms with E-state index in [1.807, 2.05) is 63.6 Å². The van der Waals surface area contributed by atoms with E-state index >= 15 is 0 Å². The molecule has 5 rings (SSSR count). The van der Waals surface area contributed by atoms with Crippen LogP contribution in [-0.4, -0.2) is 60.8 Å². The molecule has 0 spiro atoms. The predicted octanol–water partition coefficient (Wildman–Crippen LogP) is 4.84. The van der Waals surface area contributed by atoms with E-state index in [1.54, 1.807) is 13.3 Å². The molecule has 0 fully saturated rings. The predicted molar refractivity (Wildman–Crippen MR) is 144 cm³/mol. The molecule has 188 valence electrons. The number of rotatable bonds is 8. The molecule has 2 aromatic carbocycles. The number of nitrogens with one attached hydrogen (secondary N) is 1. The molecule has 1 unspecified atom stereocenters. The molecule has 3 heterocycles. The van der Waals surface area contributed by atoms with Crippen molar-refractivity contribution in [2.24, 2.45) is 0 Å². The standard InChI is InChI=1S/C27H32FN7O/c1-33(2)13-14-34(3)23-16-24(36-4)21(15-19(23)29)32-27-30-11-9-20(31-27)25-17-7-5-6-8-22(17)35-12-10-18(28)26(25)35/h5-9,11,15-16,18H,10,12-14,29H2,1-4H3,(H,30,31,32). The number of benzene rings is 2. The topological polar surface area (TPSA) is 84.5 Å². The Kier molecular flexibility index (Phi) is 6.40. The summed E-state index contributed by atoms with van der Waals surface area (Å²) in [6.45, 7) is 2.39. The van der Waals surface area contributed by atoms with Crippen molar-refractivity contribution in [1.29, 1.82) is 0 Å². The molecular weight excluding hydrogens is 457 g/mol. The summed E-state index contributed by atoms with van der Waals surface area (Å²) in [7, 11) is 7.71. The average molecular weight is 490 g/mol. The molecule has 9 heteroatoms. The summed E-state index contributed by atoms with van der Waals surface area (Å²) in [6, 6.07) is 13.6. The quantitative estimate of drug-likeness (QED) is 0.343. The van der Waals surface area contributed by atoms with Gasteiger partial charge in [-0.1, -0.05) is 18.2 Å². The molecule has 1 aliphatic heterocycles. The van der Waals surface area contributed by atoms with Crippen molar-refractivity contribution in [3.05, 3.63) is 54.4 Å². The molecule has 3 N–H and O–H groups in total. The first kappa shape index (κ1) is 23.9. The molecule has 0 radical (unpaired) electrons. The highest BCUT2D eigenvalue weighted by Crippen LogP contribution is 2.44. The van der Waals surface area contributed by atoms with Gasteiger partial charge in [0.15, 0.2) is 0 Å². The Morgan fingerprint density at radius 3 is 2.75 bits per heavy atom. The number of hydrogen-bond acceptors (Lipinski definition) is 7. The first-order valence-corrected chi connectivity index (χ1v) is 12.1. The lowest BCUT2D eigenvalue weighted by Crippen LogP contribution is -2.29. The summed E-state index contributed by atoms with van der Waals surface area (Å²) in [4.78, 5) is 13.4. The molecule has 0 amide bonds. The zero-order valence-corrected chi connectivity index (χ0v) is 21.1. The smallest absolute Gasteiger partial charge is 0.227 e. The fraction of sp³-hybridized carbons (Fsp3) is 0.333. The van der Waals surface area contributed by atoms with Crippen LogP contribution in [0.5, 0.6) is 5.75 Å². The SMILES string of the molecule is COc1cc(N(C)CCN(C)C)c(N)cc1Nc1nccc(-c2c3n(c4ccccc24)CCC3F)n1. The summed E-state index contributed by atoms with van der Waals surface area (Å²) in [5, 5.41) is 4.25. The Labute approximate surface area is 210 Å². The number of aromatic nitrogens is 3. The minimum absolute atomic E-state index is 0.386. The van der Waals surface area contributed by atoms with E-state index < -0.39 is 6.17 Å². The minimum Gasteiger partial charge on any atom is -0.494 e. The van der Waals surface area contributed by atoms with Gasteiger partial charge >= 0.3 is 0 Å². The number of halogens is 1. The van der Waals surface area contributed by atoms with Crippen molar-refractivity contribution in [2.45, 2.75) is 19.1 Å². The van der Waals surface area contributed by atoms with Crippen molar-refractivity contribution in [3.8, 4) is 17.0 Å². The summed E-state index contributed by atoms with van der Waals surface area (Å²) in [6.07, 6.45) is 1.15. The van der Waals surface area contributed by atoms with Crippen molar-refractivity contribution in [3.63, 3.8) is 0 Å². The van der Waals surface area contributed by atoms with Crippen LogP contribution in [0.3, 0.4) is 0 Å². The number of nitrogen functional groups attached to an aromatic ring is 1. The highest BCUT2D eigenvalue weighted by atomic mass is 19.1. The van der Waals surface area contributed by atoms with Crippen LogP contribution in [0.1, 0.15) is 18.3 Å². The molecule has 0 saturated carbocycles. The number of fused-ring (bicyclic) bond motifs is 3. The first-order chi connectivity index (χ1) is 17.4. The largest absolute Gasteiger partial charge is 0.494 e. The second-order valence-electron chi connectivity index (χ2n) is 9.41. The highest BCUT2D eigenvalue weighted by Gasteiger charge is 2.30.